The molecule has 0 radical (unpaired) electrons. The van der Waals surface area contributed by atoms with Gasteiger partial charge in [0.2, 0.25) is 0 Å². The molecule has 0 fully saturated rings. The summed E-state index contributed by atoms with van der Waals surface area (Å²) in [6.07, 6.45) is 10.2. The Morgan fingerprint density at radius 3 is 2.88 bits per heavy atom. The molecule has 1 unspecified atom stereocenters. The van der Waals surface area contributed by atoms with Crippen LogP contribution in [0.15, 0.2) is 17.6 Å². The van der Waals surface area contributed by atoms with E-state index in [0.717, 1.165) is 13.0 Å². The van der Waals surface area contributed by atoms with Crippen LogP contribution in [0.5, 0.6) is 0 Å². The van der Waals surface area contributed by atoms with Gasteiger partial charge in [0.05, 0.1) is 6.21 Å². The molecule has 1 rings (SSSR count). The number of nitrogens with zero attached hydrogens (tertiary/aromatic N) is 3. The minimum atomic E-state index is -0.0457. The van der Waals surface area contributed by atoms with Crippen molar-refractivity contribution in [3.8, 4) is 0 Å². The SMILES string of the molecule is CCCCCCOCN1C=CN(C)C1/C=N\O. The topological polar surface area (TPSA) is 48.3 Å². The minimum absolute atomic E-state index is 0.0457. The molecule has 0 aliphatic carbocycles. The van der Waals surface area contributed by atoms with Crippen molar-refractivity contribution < 1.29 is 9.94 Å². The predicted octanol–water partition coefficient (Wildman–Crippen LogP) is 2.05. The minimum Gasteiger partial charge on any atom is -0.411 e. The number of rotatable bonds is 8. The number of ether oxygens (including phenoxy) is 1. The van der Waals surface area contributed by atoms with Gasteiger partial charge in [-0.15, -0.1) is 0 Å². The lowest BCUT2D eigenvalue weighted by Crippen LogP contribution is -2.39. The molecule has 17 heavy (non-hydrogen) atoms. The average Bonchev–Trinajstić information content (AvgIpc) is 2.66. The number of hydrogen-bond donors (Lipinski definition) is 1. The third-order valence-electron chi connectivity index (χ3n) is 2.83. The van der Waals surface area contributed by atoms with Crippen LogP contribution in [0.2, 0.25) is 0 Å². The first kappa shape index (κ1) is 13.8. The van der Waals surface area contributed by atoms with Gasteiger partial charge in [-0.2, -0.15) is 0 Å². The molecular formula is C12H23N3O2. The Bertz CT molecular complexity index is 256. The van der Waals surface area contributed by atoms with Crippen molar-refractivity contribution in [1.82, 2.24) is 9.80 Å². The van der Waals surface area contributed by atoms with Crippen molar-refractivity contribution in [2.75, 3.05) is 20.4 Å². The van der Waals surface area contributed by atoms with E-state index >= 15 is 0 Å². The molecule has 0 saturated carbocycles. The Kier molecular flexibility index (Phi) is 6.47. The highest BCUT2D eigenvalue weighted by atomic mass is 16.5. The molecule has 0 spiro atoms. The lowest BCUT2D eigenvalue weighted by atomic mass is 10.2. The first-order chi connectivity index (χ1) is 8.29. The van der Waals surface area contributed by atoms with Crippen LogP contribution in [0.25, 0.3) is 0 Å². The Morgan fingerprint density at radius 1 is 1.35 bits per heavy atom. The van der Waals surface area contributed by atoms with E-state index in [9.17, 15) is 0 Å². The van der Waals surface area contributed by atoms with Crippen LogP contribution in [0.3, 0.4) is 0 Å². The molecule has 0 aromatic rings. The fourth-order valence-electron chi connectivity index (χ4n) is 1.77. The Morgan fingerprint density at radius 2 is 2.18 bits per heavy atom. The summed E-state index contributed by atoms with van der Waals surface area (Å²) in [5.74, 6) is 0. The predicted molar refractivity (Wildman–Crippen MR) is 67.8 cm³/mol. The second kappa shape index (κ2) is 7.95. The maximum atomic E-state index is 8.58. The zero-order chi connectivity index (χ0) is 12.5. The van der Waals surface area contributed by atoms with Gasteiger partial charge in [0.15, 0.2) is 0 Å². The lowest BCUT2D eigenvalue weighted by Gasteiger charge is -2.26. The van der Waals surface area contributed by atoms with Crippen LogP contribution in [0.4, 0.5) is 0 Å². The zero-order valence-electron chi connectivity index (χ0n) is 10.7. The summed E-state index contributed by atoms with van der Waals surface area (Å²) in [5.41, 5.74) is 0. The maximum absolute atomic E-state index is 8.58. The summed E-state index contributed by atoms with van der Waals surface area (Å²) in [4.78, 5) is 3.94. The van der Waals surface area contributed by atoms with Gasteiger partial charge in [-0.25, -0.2) is 0 Å². The molecule has 0 aromatic carbocycles. The monoisotopic (exact) mass is 241 g/mol. The Labute approximate surface area is 103 Å². The van der Waals surface area contributed by atoms with Gasteiger partial charge in [-0.05, 0) is 6.42 Å². The second-order valence-corrected chi connectivity index (χ2v) is 4.25. The molecule has 0 saturated heterocycles. The third-order valence-corrected chi connectivity index (χ3v) is 2.83. The van der Waals surface area contributed by atoms with Crippen molar-refractivity contribution in [3.05, 3.63) is 12.4 Å². The molecule has 0 bridgehead atoms. The van der Waals surface area contributed by atoms with E-state index in [1.54, 1.807) is 0 Å². The summed E-state index contributed by atoms with van der Waals surface area (Å²) < 4.78 is 5.59. The largest absolute Gasteiger partial charge is 0.411 e. The van der Waals surface area contributed by atoms with Crippen molar-refractivity contribution in [3.63, 3.8) is 0 Å². The van der Waals surface area contributed by atoms with E-state index in [1.165, 1.54) is 25.5 Å². The van der Waals surface area contributed by atoms with E-state index in [-0.39, 0.29) is 6.17 Å². The van der Waals surface area contributed by atoms with Crippen LogP contribution in [0, 0.1) is 0 Å². The number of oxime groups is 1. The molecule has 0 amide bonds. The normalized spacial score (nSPS) is 19.8. The molecule has 1 aliphatic rings. The van der Waals surface area contributed by atoms with E-state index in [0.29, 0.717) is 6.73 Å². The first-order valence-electron chi connectivity index (χ1n) is 6.21. The fraction of sp³-hybridized carbons (Fsp3) is 0.750. The number of hydrogen-bond acceptors (Lipinski definition) is 5. The number of unbranched alkanes of at least 4 members (excludes halogenated alkanes) is 3. The van der Waals surface area contributed by atoms with E-state index < -0.39 is 0 Å². The van der Waals surface area contributed by atoms with Crippen LogP contribution in [-0.2, 0) is 4.74 Å². The van der Waals surface area contributed by atoms with Gasteiger partial charge in [0.25, 0.3) is 0 Å². The summed E-state index contributed by atoms with van der Waals surface area (Å²) in [6, 6.07) is 0. The summed E-state index contributed by atoms with van der Waals surface area (Å²) in [6.45, 7) is 3.52. The first-order valence-corrected chi connectivity index (χ1v) is 6.21. The van der Waals surface area contributed by atoms with Crippen molar-refractivity contribution >= 4 is 6.21 Å². The Hall–Kier alpha value is -1.23. The third kappa shape index (κ3) is 4.65. The smallest absolute Gasteiger partial charge is 0.142 e. The average molecular weight is 241 g/mol. The molecule has 1 atom stereocenters. The summed E-state index contributed by atoms with van der Waals surface area (Å²) in [7, 11) is 1.93. The zero-order valence-corrected chi connectivity index (χ0v) is 10.7. The van der Waals surface area contributed by atoms with E-state index in [2.05, 4.69) is 12.1 Å². The van der Waals surface area contributed by atoms with Crippen LogP contribution in [0.1, 0.15) is 32.6 Å². The van der Waals surface area contributed by atoms with Crippen LogP contribution in [-0.4, -0.2) is 47.8 Å². The summed E-state index contributed by atoms with van der Waals surface area (Å²) >= 11 is 0. The molecular weight excluding hydrogens is 218 g/mol. The van der Waals surface area contributed by atoms with Gasteiger partial charge in [0.1, 0.15) is 12.9 Å². The molecule has 98 valence electrons. The highest BCUT2D eigenvalue weighted by Crippen LogP contribution is 2.12. The van der Waals surface area contributed by atoms with E-state index in [4.69, 9.17) is 9.94 Å². The fourth-order valence-corrected chi connectivity index (χ4v) is 1.77. The van der Waals surface area contributed by atoms with Gasteiger partial charge in [-0.3, -0.25) is 0 Å². The van der Waals surface area contributed by atoms with Gasteiger partial charge in [-0.1, -0.05) is 31.3 Å². The van der Waals surface area contributed by atoms with E-state index in [1.807, 2.05) is 29.2 Å². The second-order valence-electron chi connectivity index (χ2n) is 4.25. The van der Waals surface area contributed by atoms with Gasteiger partial charge < -0.3 is 19.7 Å². The lowest BCUT2D eigenvalue weighted by molar-refractivity contribution is 0.0326. The molecule has 1 N–H and O–H groups in total. The van der Waals surface area contributed by atoms with Crippen molar-refractivity contribution in [1.29, 1.82) is 0 Å². The van der Waals surface area contributed by atoms with Crippen LogP contribution < -0.4 is 0 Å². The maximum Gasteiger partial charge on any atom is 0.142 e. The van der Waals surface area contributed by atoms with Crippen LogP contribution >= 0.6 is 0 Å². The van der Waals surface area contributed by atoms with Crippen molar-refractivity contribution in [2.45, 2.75) is 38.8 Å². The molecule has 1 aliphatic heterocycles. The van der Waals surface area contributed by atoms with Crippen molar-refractivity contribution in [2.24, 2.45) is 5.16 Å². The molecule has 5 nitrogen and oxygen atoms in total. The molecule has 5 heteroatoms. The standard InChI is InChI=1S/C12H23N3O2/c1-3-4-5-6-9-17-11-15-8-7-14(2)12(15)10-13-16/h7-8,10,12,16H,3-6,9,11H2,1-2H3/b13-10-. The highest BCUT2D eigenvalue weighted by molar-refractivity contribution is 5.64. The quantitative estimate of drug-likeness (QED) is 0.306. The molecule has 0 aromatic heterocycles. The summed E-state index contributed by atoms with van der Waals surface area (Å²) in [5, 5.41) is 11.7. The highest BCUT2D eigenvalue weighted by Gasteiger charge is 2.21. The Balaban J connectivity index is 2.16. The molecule has 1 heterocycles. The van der Waals surface area contributed by atoms with Gasteiger partial charge >= 0.3 is 0 Å². The van der Waals surface area contributed by atoms with Gasteiger partial charge in [0, 0.05) is 26.1 Å².